The molecule has 0 spiro atoms. The third-order valence-corrected chi connectivity index (χ3v) is 4.12. The quantitative estimate of drug-likeness (QED) is 0.846. The molecule has 0 aliphatic heterocycles. The van der Waals surface area contributed by atoms with Gasteiger partial charge in [-0.2, -0.15) is 0 Å². The molecule has 100 valence electrons. The first kappa shape index (κ1) is 14.4. The summed E-state index contributed by atoms with van der Waals surface area (Å²) >= 11 is 5.06. The minimum absolute atomic E-state index is 0.540. The highest BCUT2D eigenvalue weighted by Gasteiger charge is 2.05. The lowest BCUT2D eigenvalue weighted by atomic mass is 10.1. The summed E-state index contributed by atoms with van der Waals surface area (Å²) in [6.07, 6.45) is 1.80. The molecule has 1 heterocycles. The zero-order valence-electron chi connectivity index (χ0n) is 10.6. The van der Waals surface area contributed by atoms with Crippen molar-refractivity contribution < 1.29 is 4.74 Å². The molecule has 5 heteroatoms. The molecular formula is C14H15BrN2OS. The molecule has 3 nitrogen and oxygen atoms in total. The maximum atomic E-state index is 5.67. The number of rotatable bonds is 5. The fourth-order valence-electron chi connectivity index (χ4n) is 1.67. The second-order valence-electron chi connectivity index (χ2n) is 3.95. The summed E-state index contributed by atoms with van der Waals surface area (Å²) in [7, 11) is 1.68. The van der Waals surface area contributed by atoms with Gasteiger partial charge in [0.05, 0.1) is 12.1 Å². The van der Waals surface area contributed by atoms with E-state index in [1.807, 2.05) is 24.3 Å². The van der Waals surface area contributed by atoms with Crippen molar-refractivity contribution in [3.05, 3.63) is 52.1 Å². The van der Waals surface area contributed by atoms with Gasteiger partial charge >= 0.3 is 0 Å². The van der Waals surface area contributed by atoms with Gasteiger partial charge in [-0.15, -0.1) is 11.8 Å². The van der Waals surface area contributed by atoms with E-state index >= 15 is 0 Å². The minimum atomic E-state index is 0.540. The van der Waals surface area contributed by atoms with Gasteiger partial charge < -0.3 is 10.5 Å². The van der Waals surface area contributed by atoms with Crippen LogP contribution in [-0.4, -0.2) is 12.1 Å². The summed E-state index contributed by atoms with van der Waals surface area (Å²) < 4.78 is 6.36. The van der Waals surface area contributed by atoms with Crippen molar-refractivity contribution in [3.63, 3.8) is 0 Å². The number of ether oxygens (including phenoxy) is 1. The van der Waals surface area contributed by atoms with E-state index in [2.05, 4.69) is 27.0 Å². The summed E-state index contributed by atoms with van der Waals surface area (Å²) in [4.78, 5) is 4.34. The minimum Gasteiger partial charge on any atom is -0.496 e. The molecule has 2 N–H and O–H groups in total. The first-order valence-electron chi connectivity index (χ1n) is 5.83. The maximum Gasteiger partial charge on any atom is 0.122 e. The van der Waals surface area contributed by atoms with Crippen LogP contribution >= 0.6 is 27.7 Å². The molecule has 0 atom stereocenters. The number of pyridine rings is 1. The van der Waals surface area contributed by atoms with Crippen molar-refractivity contribution >= 4 is 27.7 Å². The number of halogens is 1. The SMILES string of the molecule is COc1ccc(CN)cc1CSc1ccc(Br)cn1. The van der Waals surface area contributed by atoms with Gasteiger partial charge in [-0.05, 0) is 45.8 Å². The highest BCUT2D eigenvalue weighted by Crippen LogP contribution is 2.28. The van der Waals surface area contributed by atoms with E-state index in [1.165, 1.54) is 0 Å². The average molecular weight is 339 g/mol. The zero-order chi connectivity index (χ0) is 13.7. The Hall–Kier alpha value is -1.04. The number of thioether (sulfide) groups is 1. The Morgan fingerprint density at radius 1 is 1.32 bits per heavy atom. The Morgan fingerprint density at radius 2 is 2.16 bits per heavy atom. The second kappa shape index (κ2) is 6.93. The molecular weight excluding hydrogens is 324 g/mol. The predicted molar refractivity (Wildman–Crippen MR) is 82.4 cm³/mol. The first-order chi connectivity index (χ1) is 9.22. The van der Waals surface area contributed by atoms with Crippen LogP contribution in [0.3, 0.4) is 0 Å². The molecule has 1 aromatic carbocycles. The maximum absolute atomic E-state index is 5.67. The van der Waals surface area contributed by atoms with Gasteiger partial charge in [0, 0.05) is 28.5 Å². The molecule has 2 aromatic rings. The van der Waals surface area contributed by atoms with Crippen molar-refractivity contribution in [1.29, 1.82) is 0 Å². The van der Waals surface area contributed by atoms with Gasteiger partial charge in [-0.1, -0.05) is 6.07 Å². The lowest BCUT2D eigenvalue weighted by Gasteiger charge is -2.09. The van der Waals surface area contributed by atoms with Gasteiger partial charge in [0.15, 0.2) is 0 Å². The van der Waals surface area contributed by atoms with Crippen LogP contribution in [0.1, 0.15) is 11.1 Å². The molecule has 19 heavy (non-hydrogen) atoms. The molecule has 0 unspecified atom stereocenters. The number of hydrogen-bond donors (Lipinski definition) is 1. The van der Waals surface area contributed by atoms with Gasteiger partial charge in [0.1, 0.15) is 5.75 Å². The smallest absolute Gasteiger partial charge is 0.122 e. The standard InChI is InChI=1S/C14H15BrN2OS/c1-18-13-4-2-10(7-16)6-11(13)9-19-14-5-3-12(15)8-17-14/h2-6,8H,7,9,16H2,1H3. The third kappa shape index (κ3) is 3.96. The fourth-order valence-corrected chi connectivity index (χ4v) is 2.73. The van der Waals surface area contributed by atoms with Crippen LogP contribution in [0.2, 0.25) is 0 Å². The monoisotopic (exact) mass is 338 g/mol. The normalized spacial score (nSPS) is 10.5. The number of methoxy groups -OCH3 is 1. The Morgan fingerprint density at radius 3 is 2.79 bits per heavy atom. The summed E-state index contributed by atoms with van der Waals surface area (Å²) in [5.41, 5.74) is 7.92. The fraction of sp³-hybridized carbons (Fsp3) is 0.214. The molecule has 1 aromatic heterocycles. The van der Waals surface area contributed by atoms with Crippen molar-refractivity contribution in [2.24, 2.45) is 5.73 Å². The molecule has 0 saturated carbocycles. The van der Waals surface area contributed by atoms with E-state index < -0.39 is 0 Å². The lowest BCUT2D eigenvalue weighted by Crippen LogP contribution is -1.98. The van der Waals surface area contributed by atoms with Crippen molar-refractivity contribution in [2.45, 2.75) is 17.3 Å². The Labute approximate surface area is 125 Å². The van der Waals surface area contributed by atoms with Crippen molar-refractivity contribution in [3.8, 4) is 5.75 Å². The summed E-state index contributed by atoms with van der Waals surface area (Å²) in [6.45, 7) is 0.540. The lowest BCUT2D eigenvalue weighted by molar-refractivity contribution is 0.411. The van der Waals surface area contributed by atoms with Gasteiger partial charge in [-0.25, -0.2) is 4.98 Å². The van der Waals surface area contributed by atoms with E-state index in [0.29, 0.717) is 6.54 Å². The van der Waals surface area contributed by atoms with Crippen molar-refractivity contribution in [1.82, 2.24) is 4.98 Å². The first-order valence-corrected chi connectivity index (χ1v) is 7.61. The van der Waals surface area contributed by atoms with Crippen LogP contribution < -0.4 is 10.5 Å². The van der Waals surface area contributed by atoms with E-state index in [9.17, 15) is 0 Å². The van der Waals surface area contributed by atoms with E-state index in [1.54, 1.807) is 25.1 Å². The highest BCUT2D eigenvalue weighted by molar-refractivity contribution is 9.10. The summed E-state index contributed by atoms with van der Waals surface area (Å²) in [5, 5.41) is 0.989. The highest BCUT2D eigenvalue weighted by atomic mass is 79.9. The number of aromatic nitrogens is 1. The van der Waals surface area contributed by atoms with Crippen LogP contribution in [0.25, 0.3) is 0 Å². The Kier molecular flexibility index (Phi) is 5.24. The third-order valence-electron chi connectivity index (χ3n) is 2.66. The molecule has 2 rings (SSSR count). The molecule has 0 radical (unpaired) electrons. The van der Waals surface area contributed by atoms with Crippen LogP contribution in [0.15, 0.2) is 46.0 Å². The van der Waals surface area contributed by atoms with Gasteiger partial charge in [-0.3, -0.25) is 0 Å². The largest absolute Gasteiger partial charge is 0.496 e. The summed E-state index contributed by atoms with van der Waals surface area (Å²) in [6, 6.07) is 10.0. The van der Waals surface area contributed by atoms with Crippen LogP contribution in [-0.2, 0) is 12.3 Å². The molecule has 0 amide bonds. The molecule has 0 aliphatic carbocycles. The Bertz CT molecular complexity index is 546. The molecule has 0 aliphatic rings. The molecule has 0 fully saturated rings. The van der Waals surface area contributed by atoms with Crippen molar-refractivity contribution in [2.75, 3.05) is 7.11 Å². The van der Waals surface area contributed by atoms with E-state index in [-0.39, 0.29) is 0 Å². The number of hydrogen-bond acceptors (Lipinski definition) is 4. The van der Waals surface area contributed by atoms with Crippen LogP contribution in [0, 0.1) is 0 Å². The predicted octanol–water partition coefficient (Wildman–Crippen LogP) is 3.60. The van der Waals surface area contributed by atoms with E-state index in [4.69, 9.17) is 10.5 Å². The number of nitrogens with zero attached hydrogens (tertiary/aromatic N) is 1. The van der Waals surface area contributed by atoms with Crippen LogP contribution in [0.4, 0.5) is 0 Å². The number of benzene rings is 1. The van der Waals surface area contributed by atoms with Gasteiger partial charge in [0.25, 0.3) is 0 Å². The van der Waals surface area contributed by atoms with Crippen LogP contribution in [0.5, 0.6) is 5.75 Å². The summed E-state index contributed by atoms with van der Waals surface area (Å²) in [5.74, 6) is 1.70. The Balaban J connectivity index is 2.11. The van der Waals surface area contributed by atoms with Gasteiger partial charge in [0.2, 0.25) is 0 Å². The zero-order valence-corrected chi connectivity index (χ0v) is 13.0. The number of nitrogens with two attached hydrogens (primary N) is 1. The average Bonchev–Trinajstić information content (AvgIpc) is 2.46. The topological polar surface area (TPSA) is 48.1 Å². The molecule has 0 saturated heterocycles. The van der Waals surface area contributed by atoms with E-state index in [0.717, 1.165) is 32.1 Å². The molecule has 0 bridgehead atoms. The second-order valence-corrected chi connectivity index (χ2v) is 5.86.